The molecule has 1 heterocycles. The van der Waals surface area contributed by atoms with Crippen molar-refractivity contribution in [3.63, 3.8) is 0 Å². The number of ether oxygens (including phenoxy) is 1. The van der Waals surface area contributed by atoms with Gasteiger partial charge >= 0.3 is 0 Å². The van der Waals surface area contributed by atoms with E-state index in [0.29, 0.717) is 5.52 Å². The molecule has 0 saturated carbocycles. The number of benzene rings is 2. The maximum absolute atomic E-state index is 14.4. The van der Waals surface area contributed by atoms with E-state index in [1.165, 1.54) is 6.07 Å². The Labute approximate surface area is 129 Å². The van der Waals surface area contributed by atoms with Gasteiger partial charge in [0.25, 0.3) is 0 Å². The topological polar surface area (TPSA) is 27.1 Å². The molecule has 3 nitrogen and oxygen atoms in total. The lowest BCUT2D eigenvalue weighted by Gasteiger charge is -2.07. The maximum Gasteiger partial charge on any atom is 0.149 e. The third-order valence-electron chi connectivity index (χ3n) is 3.86. The molecule has 0 saturated heterocycles. The van der Waals surface area contributed by atoms with Crippen molar-refractivity contribution in [1.29, 1.82) is 0 Å². The Bertz CT molecular complexity index is 819. The molecular formula is C18H19FN2O. The number of aromatic nitrogens is 2. The van der Waals surface area contributed by atoms with Gasteiger partial charge in [-0.3, -0.25) is 4.68 Å². The Morgan fingerprint density at radius 2 is 1.77 bits per heavy atom. The molecule has 1 aromatic heterocycles. The number of rotatable bonds is 3. The van der Waals surface area contributed by atoms with Crippen molar-refractivity contribution in [3.8, 4) is 17.0 Å². The first-order valence-corrected chi connectivity index (χ1v) is 7.34. The summed E-state index contributed by atoms with van der Waals surface area (Å²) in [5.41, 5.74) is 3.36. The first kappa shape index (κ1) is 14.6. The fourth-order valence-electron chi connectivity index (χ4n) is 2.72. The Morgan fingerprint density at radius 3 is 2.36 bits per heavy atom. The smallest absolute Gasteiger partial charge is 0.149 e. The molecule has 2 aromatic carbocycles. The fourth-order valence-corrected chi connectivity index (χ4v) is 2.72. The van der Waals surface area contributed by atoms with Gasteiger partial charge in [-0.1, -0.05) is 6.07 Å². The minimum Gasteiger partial charge on any atom is -0.497 e. The molecule has 3 aromatic rings. The van der Waals surface area contributed by atoms with Crippen molar-refractivity contribution in [2.75, 3.05) is 7.11 Å². The first-order chi connectivity index (χ1) is 10.5. The van der Waals surface area contributed by atoms with Gasteiger partial charge in [0.1, 0.15) is 22.8 Å². The van der Waals surface area contributed by atoms with Gasteiger partial charge in [0.05, 0.1) is 7.11 Å². The van der Waals surface area contributed by atoms with Crippen LogP contribution in [0.5, 0.6) is 5.75 Å². The second-order valence-electron chi connectivity index (χ2n) is 5.70. The Balaban J connectivity index is 2.31. The van der Waals surface area contributed by atoms with Crippen LogP contribution in [0.2, 0.25) is 0 Å². The molecule has 114 valence electrons. The minimum atomic E-state index is -0.235. The highest BCUT2D eigenvalue weighted by molar-refractivity contribution is 5.96. The van der Waals surface area contributed by atoms with Crippen molar-refractivity contribution in [3.05, 3.63) is 47.8 Å². The number of hydrogen-bond acceptors (Lipinski definition) is 2. The summed E-state index contributed by atoms with van der Waals surface area (Å²) in [6.45, 7) is 6.00. The van der Waals surface area contributed by atoms with Gasteiger partial charge in [-0.25, -0.2) is 4.39 Å². The summed E-state index contributed by atoms with van der Waals surface area (Å²) in [6.07, 6.45) is 0. The zero-order chi connectivity index (χ0) is 15.9. The fraction of sp³-hybridized carbons (Fsp3) is 0.278. The summed E-state index contributed by atoms with van der Waals surface area (Å²) < 4.78 is 21.3. The SMILES string of the molecule is COc1ccc(-c2nn(C(C)C)c3c(F)ccc(C)c23)cc1. The van der Waals surface area contributed by atoms with Crippen molar-refractivity contribution in [2.45, 2.75) is 26.8 Å². The van der Waals surface area contributed by atoms with Crippen molar-refractivity contribution in [2.24, 2.45) is 0 Å². The Morgan fingerprint density at radius 1 is 1.09 bits per heavy atom. The van der Waals surface area contributed by atoms with Gasteiger partial charge in [0, 0.05) is 17.0 Å². The second kappa shape index (κ2) is 5.44. The molecule has 0 aliphatic heterocycles. The number of aryl methyl sites for hydroxylation is 1. The molecule has 0 fully saturated rings. The number of nitrogens with zero attached hydrogens (tertiary/aromatic N) is 2. The molecule has 0 unspecified atom stereocenters. The van der Waals surface area contributed by atoms with E-state index in [4.69, 9.17) is 4.74 Å². The summed E-state index contributed by atoms with van der Waals surface area (Å²) in [4.78, 5) is 0. The third-order valence-corrected chi connectivity index (χ3v) is 3.86. The van der Waals surface area contributed by atoms with E-state index in [1.54, 1.807) is 17.9 Å². The van der Waals surface area contributed by atoms with Crippen LogP contribution in [0.3, 0.4) is 0 Å². The Kier molecular flexibility index (Phi) is 3.61. The second-order valence-corrected chi connectivity index (χ2v) is 5.70. The van der Waals surface area contributed by atoms with Crippen molar-refractivity contribution >= 4 is 10.9 Å². The average Bonchev–Trinajstić information content (AvgIpc) is 2.93. The van der Waals surface area contributed by atoms with Gasteiger partial charge in [0.15, 0.2) is 0 Å². The number of halogens is 1. The van der Waals surface area contributed by atoms with Crippen LogP contribution in [0.4, 0.5) is 4.39 Å². The van der Waals surface area contributed by atoms with Crippen LogP contribution in [-0.2, 0) is 0 Å². The lowest BCUT2D eigenvalue weighted by atomic mass is 10.0. The van der Waals surface area contributed by atoms with Gasteiger partial charge in [0.2, 0.25) is 0 Å². The van der Waals surface area contributed by atoms with Crippen LogP contribution in [-0.4, -0.2) is 16.9 Å². The molecule has 0 radical (unpaired) electrons. The predicted molar refractivity (Wildman–Crippen MR) is 86.8 cm³/mol. The van der Waals surface area contributed by atoms with Gasteiger partial charge in [-0.2, -0.15) is 5.10 Å². The summed E-state index contributed by atoms with van der Waals surface area (Å²) in [5, 5.41) is 5.55. The van der Waals surface area contributed by atoms with Gasteiger partial charge in [-0.05, 0) is 56.7 Å². The molecule has 0 amide bonds. The lowest BCUT2D eigenvalue weighted by Crippen LogP contribution is -2.03. The average molecular weight is 298 g/mol. The van der Waals surface area contributed by atoms with Crippen molar-refractivity contribution in [1.82, 2.24) is 9.78 Å². The van der Waals surface area contributed by atoms with Crippen LogP contribution in [0, 0.1) is 12.7 Å². The predicted octanol–water partition coefficient (Wildman–Crippen LogP) is 4.74. The van der Waals surface area contributed by atoms with E-state index in [2.05, 4.69) is 5.10 Å². The molecule has 0 atom stereocenters. The quantitative estimate of drug-likeness (QED) is 0.698. The summed E-state index contributed by atoms with van der Waals surface area (Å²) in [7, 11) is 1.64. The zero-order valence-electron chi connectivity index (χ0n) is 13.2. The lowest BCUT2D eigenvalue weighted by molar-refractivity contribution is 0.415. The van der Waals surface area contributed by atoms with Crippen LogP contribution >= 0.6 is 0 Å². The summed E-state index contributed by atoms with van der Waals surface area (Å²) in [6, 6.07) is 11.1. The van der Waals surface area contributed by atoms with E-state index in [1.807, 2.05) is 45.0 Å². The normalized spacial score (nSPS) is 11.4. The van der Waals surface area contributed by atoms with Crippen molar-refractivity contribution < 1.29 is 9.13 Å². The summed E-state index contributed by atoms with van der Waals surface area (Å²) in [5.74, 6) is 0.556. The minimum absolute atomic E-state index is 0.0887. The van der Waals surface area contributed by atoms with Crippen LogP contribution in [0.25, 0.3) is 22.2 Å². The zero-order valence-corrected chi connectivity index (χ0v) is 13.2. The van der Waals surface area contributed by atoms with E-state index in [0.717, 1.165) is 28.0 Å². The highest BCUT2D eigenvalue weighted by atomic mass is 19.1. The Hall–Kier alpha value is -2.36. The van der Waals surface area contributed by atoms with E-state index < -0.39 is 0 Å². The van der Waals surface area contributed by atoms with E-state index >= 15 is 0 Å². The molecular weight excluding hydrogens is 279 g/mol. The van der Waals surface area contributed by atoms with Crippen LogP contribution in [0.15, 0.2) is 36.4 Å². The monoisotopic (exact) mass is 298 g/mol. The highest BCUT2D eigenvalue weighted by Gasteiger charge is 2.19. The molecule has 0 aliphatic rings. The maximum atomic E-state index is 14.4. The largest absolute Gasteiger partial charge is 0.497 e. The first-order valence-electron chi connectivity index (χ1n) is 7.34. The molecule has 0 spiro atoms. The molecule has 4 heteroatoms. The molecule has 0 N–H and O–H groups in total. The highest BCUT2D eigenvalue weighted by Crippen LogP contribution is 2.34. The number of hydrogen-bond donors (Lipinski definition) is 0. The molecule has 0 bridgehead atoms. The standard InChI is InChI=1S/C18H19FN2O/c1-11(2)21-18-15(19)10-5-12(3)16(18)17(20-21)13-6-8-14(22-4)9-7-13/h5-11H,1-4H3. The van der Waals surface area contributed by atoms with E-state index in [9.17, 15) is 4.39 Å². The number of fused-ring (bicyclic) bond motifs is 1. The van der Waals surface area contributed by atoms with Crippen LogP contribution < -0.4 is 4.74 Å². The van der Waals surface area contributed by atoms with Crippen LogP contribution in [0.1, 0.15) is 25.5 Å². The van der Waals surface area contributed by atoms with Gasteiger partial charge < -0.3 is 4.74 Å². The molecule has 3 rings (SSSR count). The summed E-state index contributed by atoms with van der Waals surface area (Å²) >= 11 is 0. The molecule has 0 aliphatic carbocycles. The molecule has 22 heavy (non-hydrogen) atoms. The number of methoxy groups -OCH3 is 1. The van der Waals surface area contributed by atoms with Gasteiger partial charge in [-0.15, -0.1) is 0 Å². The van der Waals surface area contributed by atoms with E-state index in [-0.39, 0.29) is 11.9 Å². The third kappa shape index (κ3) is 2.25.